The molecule has 110 valence electrons. The smallest absolute Gasteiger partial charge is 0.323 e. The minimum absolute atomic E-state index is 0.217. The van der Waals surface area contributed by atoms with Crippen LogP contribution in [0.3, 0.4) is 0 Å². The highest BCUT2D eigenvalue weighted by atomic mass is 35.5. The monoisotopic (exact) mass is 306 g/mol. The Morgan fingerprint density at radius 1 is 1.48 bits per heavy atom. The van der Waals surface area contributed by atoms with Crippen molar-refractivity contribution in [2.45, 2.75) is 12.6 Å². The van der Waals surface area contributed by atoms with E-state index in [-0.39, 0.29) is 6.61 Å². The van der Waals surface area contributed by atoms with Gasteiger partial charge in [-0.05, 0) is 23.8 Å². The van der Waals surface area contributed by atoms with Gasteiger partial charge < -0.3 is 9.84 Å². The number of carboxylic acid groups (broad SMARTS) is 1. The maximum Gasteiger partial charge on any atom is 0.323 e. The lowest BCUT2D eigenvalue weighted by atomic mass is 10.1. The molecule has 1 saturated heterocycles. The number of aromatic nitrogens is 1. The average molecular weight is 307 g/mol. The highest BCUT2D eigenvalue weighted by molar-refractivity contribution is 6.35. The van der Waals surface area contributed by atoms with Crippen LogP contribution in [0, 0.1) is 0 Å². The lowest BCUT2D eigenvalue weighted by Gasteiger charge is -2.32. The van der Waals surface area contributed by atoms with Crippen LogP contribution in [0.4, 0.5) is 0 Å². The van der Waals surface area contributed by atoms with Crippen LogP contribution in [-0.2, 0) is 16.1 Å². The molecule has 0 amide bonds. The van der Waals surface area contributed by atoms with Gasteiger partial charge in [-0.15, -0.1) is 0 Å². The number of pyridine rings is 1. The van der Waals surface area contributed by atoms with Gasteiger partial charge in [0.2, 0.25) is 0 Å². The average Bonchev–Trinajstić information content (AvgIpc) is 2.51. The molecular formula is C15H15ClN2O3. The molecule has 5 nitrogen and oxygen atoms in total. The normalized spacial score (nSPS) is 19.8. The van der Waals surface area contributed by atoms with E-state index in [1.54, 1.807) is 6.20 Å². The lowest BCUT2D eigenvalue weighted by Crippen LogP contribution is -2.49. The number of carboxylic acids is 1. The van der Waals surface area contributed by atoms with Gasteiger partial charge >= 0.3 is 5.97 Å². The van der Waals surface area contributed by atoms with Crippen LogP contribution in [0.15, 0.2) is 30.5 Å². The molecule has 2 heterocycles. The molecule has 0 bridgehead atoms. The Labute approximate surface area is 127 Å². The largest absolute Gasteiger partial charge is 0.480 e. The van der Waals surface area contributed by atoms with Gasteiger partial charge in [-0.25, -0.2) is 0 Å². The zero-order chi connectivity index (χ0) is 14.8. The van der Waals surface area contributed by atoms with Gasteiger partial charge in [0.25, 0.3) is 0 Å². The molecule has 1 unspecified atom stereocenters. The fourth-order valence-electron chi connectivity index (χ4n) is 2.60. The molecule has 1 aliphatic heterocycles. The fourth-order valence-corrected chi connectivity index (χ4v) is 2.81. The first kappa shape index (κ1) is 14.3. The number of nitrogens with zero attached hydrogens (tertiary/aromatic N) is 2. The summed E-state index contributed by atoms with van der Waals surface area (Å²) in [5.74, 6) is -0.860. The molecule has 1 aromatic carbocycles. The van der Waals surface area contributed by atoms with E-state index >= 15 is 0 Å². The van der Waals surface area contributed by atoms with Gasteiger partial charge in [-0.1, -0.05) is 17.7 Å². The predicted octanol–water partition coefficient (Wildman–Crippen LogP) is 2.17. The molecule has 6 heteroatoms. The van der Waals surface area contributed by atoms with Crippen molar-refractivity contribution in [1.29, 1.82) is 0 Å². The van der Waals surface area contributed by atoms with Crippen LogP contribution >= 0.6 is 11.6 Å². The first-order chi connectivity index (χ1) is 10.2. The minimum atomic E-state index is -0.860. The molecule has 0 spiro atoms. The van der Waals surface area contributed by atoms with Crippen molar-refractivity contribution >= 4 is 28.5 Å². The van der Waals surface area contributed by atoms with Crippen molar-refractivity contribution in [3.8, 4) is 0 Å². The second-order valence-corrected chi connectivity index (χ2v) is 5.41. The number of morpholine rings is 1. The van der Waals surface area contributed by atoms with E-state index in [1.807, 2.05) is 29.2 Å². The van der Waals surface area contributed by atoms with Gasteiger partial charge in [0.05, 0.1) is 18.7 Å². The third kappa shape index (κ3) is 2.85. The quantitative estimate of drug-likeness (QED) is 0.941. The van der Waals surface area contributed by atoms with Crippen molar-refractivity contribution in [1.82, 2.24) is 9.88 Å². The maximum absolute atomic E-state index is 11.3. The third-order valence-electron chi connectivity index (χ3n) is 3.70. The number of ether oxygens (including phenoxy) is 1. The van der Waals surface area contributed by atoms with Crippen molar-refractivity contribution in [3.63, 3.8) is 0 Å². The molecule has 1 aromatic heterocycles. The van der Waals surface area contributed by atoms with E-state index in [1.165, 1.54) is 0 Å². The summed E-state index contributed by atoms with van der Waals surface area (Å²) in [6.45, 7) is 1.87. The minimum Gasteiger partial charge on any atom is -0.480 e. The number of fused-ring (bicyclic) bond motifs is 1. The predicted molar refractivity (Wildman–Crippen MR) is 79.4 cm³/mol. The van der Waals surface area contributed by atoms with Crippen LogP contribution < -0.4 is 0 Å². The number of benzene rings is 1. The number of hydrogen-bond acceptors (Lipinski definition) is 4. The van der Waals surface area contributed by atoms with Crippen molar-refractivity contribution in [3.05, 3.63) is 41.0 Å². The Balaban J connectivity index is 1.94. The van der Waals surface area contributed by atoms with Gasteiger partial charge in [0, 0.05) is 29.7 Å². The number of hydrogen-bond donors (Lipinski definition) is 1. The molecule has 1 N–H and O–H groups in total. The molecule has 1 atom stereocenters. The molecule has 2 aromatic rings. The topological polar surface area (TPSA) is 62.7 Å². The zero-order valence-corrected chi connectivity index (χ0v) is 12.1. The summed E-state index contributed by atoms with van der Waals surface area (Å²) in [5, 5.41) is 10.8. The fraction of sp³-hybridized carbons (Fsp3) is 0.333. The summed E-state index contributed by atoms with van der Waals surface area (Å²) in [6, 6.07) is 6.88. The van der Waals surface area contributed by atoms with E-state index in [2.05, 4.69) is 4.98 Å². The Morgan fingerprint density at radius 3 is 3.14 bits per heavy atom. The summed E-state index contributed by atoms with van der Waals surface area (Å²) >= 11 is 6.18. The van der Waals surface area contributed by atoms with Crippen molar-refractivity contribution in [2.75, 3.05) is 19.8 Å². The molecular weight excluding hydrogens is 292 g/mol. The first-order valence-electron chi connectivity index (χ1n) is 6.73. The van der Waals surface area contributed by atoms with Crippen LogP contribution in [0.5, 0.6) is 0 Å². The summed E-state index contributed by atoms with van der Waals surface area (Å²) in [5.41, 5.74) is 1.80. The Morgan fingerprint density at radius 2 is 2.33 bits per heavy atom. The second-order valence-electron chi connectivity index (χ2n) is 5.01. The number of rotatable bonds is 3. The maximum atomic E-state index is 11.3. The molecule has 1 fully saturated rings. The van der Waals surface area contributed by atoms with E-state index in [9.17, 15) is 9.90 Å². The molecule has 21 heavy (non-hydrogen) atoms. The third-order valence-corrected chi connectivity index (χ3v) is 4.03. The van der Waals surface area contributed by atoms with Crippen molar-refractivity contribution < 1.29 is 14.6 Å². The zero-order valence-electron chi connectivity index (χ0n) is 11.3. The highest BCUT2D eigenvalue weighted by Crippen LogP contribution is 2.26. The Kier molecular flexibility index (Phi) is 4.05. The molecule has 0 saturated carbocycles. The Hall–Kier alpha value is -1.69. The van der Waals surface area contributed by atoms with Gasteiger partial charge in [-0.3, -0.25) is 14.7 Å². The van der Waals surface area contributed by atoms with Crippen LogP contribution in [0.2, 0.25) is 5.02 Å². The molecule has 0 aliphatic carbocycles. The SMILES string of the molecule is O=C(O)C1COCCN1Cc1ccc(Cl)c2cccnc12. The van der Waals surface area contributed by atoms with Crippen LogP contribution in [0.1, 0.15) is 5.56 Å². The lowest BCUT2D eigenvalue weighted by molar-refractivity contribution is -0.150. The van der Waals surface area contributed by atoms with Crippen molar-refractivity contribution in [2.24, 2.45) is 0 Å². The summed E-state index contributed by atoms with van der Waals surface area (Å²) in [6.07, 6.45) is 1.72. The van der Waals surface area contributed by atoms with Crippen LogP contribution in [-0.4, -0.2) is 46.8 Å². The van der Waals surface area contributed by atoms with E-state index in [0.29, 0.717) is 24.7 Å². The summed E-state index contributed by atoms with van der Waals surface area (Å²) < 4.78 is 5.26. The number of halogens is 1. The van der Waals surface area contributed by atoms with Gasteiger partial charge in [0.1, 0.15) is 6.04 Å². The molecule has 0 radical (unpaired) electrons. The first-order valence-corrected chi connectivity index (χ1v) is 7.11. The van der Waals surface area contributed by atoms with Gasteiger partial charge in [0.15, 0.2) is 0 Å². The van der Waals surface area contributed by atoms with Gasteiger partial charge in [-0.2, -0.15) is 0 Å². The molecule has 3 rings (SSSR count). The Bertz CT molecular complexity index is 677. The summed E-state index contributed by atoms with van der Waals surface area (Å²) in [7, 11) is 0. The standard InChI is InChI=1S/C15H15ClN2O3/c16-12-4-3-10(14-11(12)2-1-5-17-14)8-18-6-7-21-9-13(18)15(19)20/h1-5,13H,6-9H2,(H,19,20). The van der Waals surface area contributed by atoms with E-state index < -0.39 is 12.0 Å². The van der Waals surface area contributed by atoms with E-state index in [4.69, 9.17) is 16.3 Å². The van der Waals surface area contributed by atoms with E-state index in [0.717, 1.165) is 16.5 Å². The summed E-state index contributed by atoms with van der Waals surface area (Å²) in [4.78, 5) is 17.6. The van der Waals surface area contributed by atoms with Crippen LogP contribution in [0.25, 0.3) is 10.9 Å². The second kappa shape index (κ2) is 5.97. The highest BCUT2D eigenvalue weighted by Gasteiger charge is 2.29. The number of aliphatic carboxylic acids is 1. The number of carbonyl (C=O) groups is 1. The molecule has 1 aliphatic rings.